The van der Waals surface area contributed by atoms with Crippen LogP contribution in [0.4, 0.5) is 22.7 Å². The molecule has 252 valence electrons. The molecule has 0 bridgehead atoms. The third-order valence-corrected chi connectivity index (χ3v) is 8.78. The molecule has 0 saturated heterocycles. The highest BCUT2D eigenvalue weighted by Gasteiger charge is 2.15. The van der Waals surface area contributed by atoms with Crippen molar-refractivity contribution < 1.29 is 28.0 Å². The van der Waals surface area contributed by atoms with Crippen molar-refractivity contribution in [3.8, 4) is 0 Å². The van der Waals surface area contributed by atoms with Gasteiger partial charge in [-0.3, -0.25) is 19.2 Å². The first-order valence-electron chi connectivity index (χ1n) is 14.5. The Morgan fingerprint density at radius 3 is 1.34 bits per heavy atom. The summed E-state index contributed by atoms with van der Waals surface area (Å²) in [5, 5.41) is 11.1. The maximum atomic E-state index is 12.3. The first-order valence-corrected chi connectivity index (χ1v) is 17.2. The molecule has 0 unspecified atom stereocenters. The van der Waals surface area contributed by atoms with Crippen LogP contribution in [0.2, 0.25) is 5.22 Å². The number of anilines is 4. The summed E-state index contributed by atoms with van der Waals surface area (Å²) >= 11 is 15.7. The van der Waals surface area contributed by atoms with Crippen LogP contribution in [0, 0.1) is 0 Å². The van der Waals surface area contributed by atoms with Gasteiger partial charge in [-0.25, -0.2) is 0 Å². The standard InChI is InChI=1S/C18H12Br2N2O3.C18H12BrClN2O3/c19-15-7-2-1-6-14(15)18(24)22-13-5-3-4-12(9-13)21-17(23)11-8-16(20)25-10-11;19-15-7-2-1-6-13(15)17(23)21-11-4-3-5-12(10-11)22-18(24)14-8-9-25-16(14)20/h2*1-10H,(H,21,23)(H,22,24). The second-order valence-corrected chi connectivity index (χ2v) is 13.0. The van der Waals surface area contributed by atoms with Crippen molar-refractivity contribution in [3.63, 3.8) is 0 Å². The molecule has 14 heteroatoms. The summed E-state index contributed by atoms with van der Waals surface area (Å²) in [5.74, 6) is -1.19. The highest BCUT2D eigenvalue weighted by atomic mass is 79.9. The molecule has 0 aliphatic carbocycles. The second kappa shape index (κ2) is 17.1. The maximum Gasteiger partial charge on any atom is 0.260 e. The van der Waals surface area contributed by atoms with Gasteiger partial charge in [-0.2, -0.15) is 0 Å². The summed E-state index contributed by atoms with van der Waals surface area (Å²) in [6.45, 7) is 0. The molecule has 50 heavy (non-hydrogen) atoms. The van der Waals surface area contributed by atoms with E-state index in [1.165, 1.54) is 18.6 Å². The first kappa shape index (κ1) is 36.3. The molecule has 4 amide bonds. The van der Waals surface area contributed by atoms with Crippen molar-refractivity contribution in [2.75, 3.05) is 21.3 Å². The molecule has 4 N–H and O–H groups in total. The zero-order chi connectivity index (χ0) is 35.6. The van der Waals surface area contributed by atoms with Gasteiger partial charge in [0.1, 0.15) is 6.26 Å². The summed E-state index contributed by atoms with van der Waals surface area (Å²) < 4.78 is 11.8. The Balaban J connectivity index is 0.000000194. The SMILES string of the molecule is O=C(Nc1cccc(NC(=O)c2ccccc2Br)c1)c1coc(Br)c1.O=C(Nc1cccc(NC(=O)c2ccoc2Cl)c1)c1ccccc1Br. The van der Waals surface area contributed by atoms with Gasteiger partial charge in [0.15, 0.2) is 4.67 Å². The number of benzene rings is 4. The van der Waals surface area contributed by atoms with E-state index in [1.807, 2.05) is 12.1 Å². The van der Waals surface area contributed by atoms with Crippen LogP contribution in [0.5, 0.6) is 0 Å². The van der Waals surface area contributed by atoms with Crippen molar-refractivity contribution in [1.29, 1.82) is 0 Å². The van der Waals surface area contributed by atoms with Crippen molar-refractivity contribution in [2.45, 2.75) is 0 Å². The van der Waals surface area contributed by atoms with E-state index in [-0.39, 0.29) is 28.5 Å². The summed E-state index contributed by atoms with van der Waals surface area (Å²) in [6.07, 6.45) is 2.70. The number of carbonyl (C=O) groups excluding carboxylic acids is 4. The highest BCUT2D eigenvalue weighted by Crippen LogP contribution is 2.23. The molecular formula is C36H24Br3ClN4O6. The number of amides is 4. The minimum absolute atomic E-state index is 0.0240. The minimum Gasteiger partial charge on any atom is -0.457 e. The van der Waals surface area contributed by atoms with E-state index in [9.17, 15) is 19.2 Å². The van der Waals surface area contributed by atoms with Crippen molar-refractivity contribution in [1.82, 2.24) is 0 Å². The van der Waals surface area contributed by atoms with Crippen LogP contribution in [0.25, 0.3) is 0 Å². The van der Waals surface area contributed by atoms with Crippen LogP contribution in [-0.2, 0) is 0 Å². The molecule has 0 saturated carbocycles. The number of carbonyl (C=O) groups is 4. The molecule has 6 rings (SSSR count). The van der Waals surface area contributed by atoms with Gasteiger partial charge in [0.2, 0.25) is 5.22 Å². The second-order valence-electron chi connectivity index (χ2n) is 10.2. The molecule has 0 aliphatic heterocycles. The quantitative estimate of drug-likeness (QED) is 0.120. The van der Waals surface area contributed by atoms with Gasteiger partial charge < -0.3 is 30.1 Å². The fraction of sp³-hybridized carbons (Fsp3) is 0. The lowest BCUT2D eigenvalue weighted by Gasteiger charge is -2.09. The van der Waals surface area contributed by atoms with Crippen molar-refractivity contribution >= 4 is 106 Å². The molecule has 6 aromatic rings. The normalized spacial score (nSPS) is 10.3. The molecule has 10 nitrogen and oxygen atoms in total. The summed E-state index contributed by atoms with van der Waals surface area (Å²) in [7, 11) is 0. The van der Waals surface area contributed by atoms with E-state index >= 15 is 0 Å². The van der Waals surface area contributed by atoms with E-state index in [4.69, 9.17) is 20.4 Å². The van der Waals surface area contributed by atoms with Crippen LogP contribution < -0.4 is 21.3 Å². The Kier molecular flexibility index (Phi) is 12.4. The van der Waals surface area contributed by atoms with Crippen LogP contribution in [0.3, 0.4) is 0 Å². The van der Waals surface area contributed by atoms with Gasteiger partial charge in [-0.05, 0) is 126 Å². The molecule has 0 spiro atoms. The number of hydrogen-bond donors (Lipinski definition) is 4. The van der Waals surface area contributed by atoms with Gasteiger partial charge in [0.05, 0.1) is 28.5 Å². The number of rotatable bonds is 8. The van der Waals surface area contributed by atoms with Gasteiger partial charge >= 0.3 is 0 Å². The number of nitrogens with one attached hydrogen (secondary N) is 4. The lowest BCUT2D eigenvalue weighted by molar-refractivity contribution is 0.101. The molecule has 0 radical (unpaired) electrons. The Hall–Kier alpha value is -4.95. The Morgan fingerprint density at radius 1 is 0.500 bits per heavy atom. The zero-order valence-electron chi connectivity index (χ0n) is 25.5. The summed E-state index contributed by atoms with van der Waals surface area (Å²) in [4.78, 5) is 49.0. The topological polar surface area (TPSA) is 143 Å². The fourth-order valence-corrected chi connectivity index (χ4v) is 5.79. The lowest BCUT2D eigenvalue weighted by Crippen LogP contribution is -2.14. The maximum absolute atomic E-state index is 12.3. The molecule has 2 heterocycles. The van der Waals surface area contributed by atoms with E-state index < -0.39 is 5.91 Å². The van der Waals surface area contributed by atoms with Crippen LogP contribution >= 0.6 is 59.4 Å². The summed E-state index contributed by atoms with van der Waals surface area (Å²) in [5.41, 5.74) is 3.89. The molecule has 2 aromatic heterocycles. The Morgan fingerprint density at radius 2 is 0.940 bits per heavy atom. The van der Waals surface area contributed by atoms with Gasteiger partial charge in [0.25, 0.3) is 23.6 Å². The highest BCUT2D eigenvalue weighted by molar-refractivity contribution is 9.11. The van der Waals surface area contributed by atoms with E-state index in [1.54, 1.807) is 91.0 Å². The van der Waals surface area contributed by atoms with Gasteiger partial charge in [-0.15, -0.1) is 0 Å². The average molecular weight is 884 g/mol. The monoisotopic (exact) mass is 880 g/mol. The van der Waals surface area contributed by atoms with E-state index in [2.05, 4.69) is 69.1 Å². The molecule has 0 fully saturated rings. The van der Waals surface area contributed by atoms with Crippen LogP contribution in [-0.4, -0.2) is 23.6 Å². The third-order valence-electron chi connectivity index (χ3n) is 6.69. The largest absolute Gasteiger partial charge is 0.457 e. The lowest BCUT2D eigenvalue weighted by atomic mass is 10.2. The molecule has 0 atom stereocenters. The van der Waals surface area contributed by atoms with Gasteiger partial charge in [0, 0.05) is 37.8 Å². The van der Waals surface area contributed by atoms with Crippen LogP contribution in [0.1, 0.15) is 41.4 Å². The number of halogens is 4. The van der Waals surface area contributed by atoms with Crippen molar-refractivity contribution in [2.24, 2.45) is 0 Å². The molecular weight excluding hydrogens is 860 g/mol. The predicted octanol–water partition coefficient (Wildman–Crippen LogP) is 10.5. The van der Waals surface area contributed by atoms with Crippen molar-refractivity contribution in [3.05, 3.63) is 163 Å². The van der Waals surface area contributed by atoms with E-state index in [0.717, 1.165) is 0 Å². The molecule has 4 aromatic carbocycles. The third kappa shape index (κ3) is 9.82. The Bertz CT molecular complexity index is 2180. The summed E-state index contributed by atoms with van der Waals surface area (Å²) in [6, 6.07) is 31.1. The average Bonchev–Trinajstić information content (AvgIpc) is 3.73. The van der Waals surface area contributed by atoms with Gasteiger partial charge in [-0.1, -0.05) is 36.4 Å². The molecule has 0 aliphatic rings. The number of furan rings is 2. The fourth-order valence-electron chi connectivity index (χ4n) is 4.32. The zero-order valence-corrected chi connectivity index (χ0v) is 31.0. The Labute approximate surface area is 316 Å². The van der Waals surface area contributed by atoms with E-state index in [0.29, 0.717) is 53.1 Å². The number of hydrogen-bond acceptors (Lipinski definition) is 6. The predicted molar refractivity (Wildman–Crippen MR) is 203 cm³/mol. The first-order chi connectivity index (χ1) is 24.1. The minimum atomic E-state index is -0.395. The van der Waals surface area contributed by atoms with Crippen LogP contribution in [0.15, 0.2) is 144 Å². The smallest absolute Gasteiger partial charge is 0.260 e.